The molecular formula is C17H15ClFN3O. The summed E-state index contributed by atoms with van der Waals surface area (Å²) in [4.78, 5) is 9.74. The minimum atomic E-state index is -0.389. The first-order valence-corrected chi connectivity index (χ1v) is 7.84. The van der Waals surface area contributed by atoms with Crippen molar-refractivity contribution in [1.29, 1.82) is 0 Å². The summed E-state index contributed by atoms with van der Waals surface area (Å²) >= 11 is 5.98. The molecule has 0 radical (unpaired) electrons. The summed E-state index contributed by atoms with van der Waals surface area (Å²) in [5, 5.41) is 0.128. The number of aromatic amines is 1. The molecule has 1 aliphatic rings. The van der Waals surface area contributed by atoms with Crippen LogP contribution in [-0.2, 0) is 13.0 Å². The molecule has 2 aromatic heterocycles. The molecule has 0 bridgehead atoms. The van der Waals surface area contributed by atoms with Gasteiger partial charge in [0.1, 0.15) is 11.6 Å². The molecule has 3 aromatic rings. The predicted molar refractivity (Wildman–Crippen MR) is 84.7 cm³/mol. The van der Waals surface area contributed by atoms with Crippen LogP contribution in [0.2, 0.25) is 5.02 Å². The maximum absolute atomic E-state index is 14.6. The van der Waals surface area contributed by atoms with Crippen LogP contribution < -0.4 is 0 Å². The number of imidazole rings is 1. The number of halogens is 2. The summed E-state index contributed by atoms with van der Waals surface area (Å²) in [6.07, 6.45) is 4.15. The van der Waals surface area contributed by atoms with E-state index in [9.17, 15) is 4.39 Å². The van der Waals surface area contributed by atoms with Gasteiger partial charge in [-0.1, -0.05) is 23.7 Å². The van der Waals surface area contributed by atoms with E-state index in [1.165, 1.54) is 0 Å². The Hall–Kier alpha value is -2.11. The predicted octanol–water partition coefficient (Wildman–Crippen LogP) is 3.94. The molecule has 4 rings (SSSR count). The molecule has 0 saturated heterocycles. The van der Waals surface area contributed by atoms with Crippen molar-refractivity contribution in [3.63, 3.8) is 0 Å². The van der Waals surface area contributed by atoms with Crippen LogP contribution in [0.1, 0.15) is 28.8 Å². The summed E-state index contributed by atoms with van der Waals surface area (Å²) in [5.74, 6) is 0.455. The first-order valence-electron chi connectivity index (χ1n) is 7.46. The highest BCUT2D eigenvalue weighted by molar-refractivity contribution is 6.30. The van der Waals surface area contributed by atoms with Crippen LogP contribution >= 0.6 is 11.6 Å². The first-order chi connectivity index (χ1) is 11.2. The number of furan rings is 1. The van der Waals surface area contributed by atoms with Gasteiger partial charge in [-0.2, -0.15) is 0 Å². The van der Waals surface area contributed by atoms with Crippen LogP contribution in [0.25, 0.3) is 0 Å². The maximum Gasteiger partial charge on any atom is 0.146 e. The van der Waals surface area contributed by atoms with Crippen molar-refractivity contribution in [2.45, 2.75) is 19.0 Å². The highest BCUT2D eigenvalue weighted by atomic mass is 35.5. The van der Waals surface area contributed by atoms with Crippen LogP contribution in [0.3, 0.4) is 0 Å². The standard InChI is InChI=1S/C17H15ClFN3O/c18-13-5-1-4-12(15(13)19)17-16-14(20-10-21-16)6-7-22(17)9-11-3-2-8-23-11/h1-5,8,10,17H,6-7,9H2,(H,20,21). The van der Waals surface area contributed by atoms with Crippen molar-refractivity contribution < 1.29 is 8.81 Å². The van der Waals surface area contributed by atoms with Gasteiger partial charge in [0, 0.05) is 24.2 Å². The second kappa shape index (κ2) is 5.83. The summed E-state index contributed by atoms with van der Waals surface area (Å²) in [5.41, 5.74) is 2.44. The van der Waals surface area contributed by atoms with E-state index in [0.717, 1.165) is 30.1 Å². The molecule has 118 valence electrons. The molecule has 0 fully saturated rings. The zero-order valence-corrected chi connectivity index (χ0v) is 13.1. The lowest BCUT2D eigenvalue weighted by atomic mass is 9.95. The number of nitrogens with zero attached hydrogens (tertiary/aromatic N) is 2. The number of aromatic nitrogens is 2. The molecule has 0 aliphatic carbocycles. The Bertz CT molecular complexity index is 815. The Labute approximate surface area is 137 Å². The number of hydrogen-bond acceptors (Lipinski definition) is 3. The fourth-order valence-corrected chi connectivity index (χ4v) is 3.36. The quantitative estimate of drug-likeness (QED) is 0.790. The largest absolute Gasteiger partial charge is 0.468 e. The third-order valence-corrected chi connectivity index (χ3v) is 4.53. The number of H-pyrrole nitrogens is 1. The molecule has 0 amide bonds. The lowest BCUT2D eigenvalue weighted by Crippen LogP contribution is -2.36. The minimum Gasteiger partial charge on any atom is -0.468 e. The van der Waals surface area contributed by atoms with E-state index in [0.29, 0.717) is 12.1 Å². The number of hydrogen-bond donors (Lipinski definition) is 1. The fourth-order valence-electron chi connectivity index (χ4n) is 3.17. The summed E-state index contributed by atoms with van der Waals surface area (Å²) < 4.78 is 20.1. The Kier molecular flexibility index (Phi) is 3.67. The molecule has 23 heavy (non-hydrogen) atoms. The highest BCUT2D eigenvalue weighted by Gasteiger charge is 2.33. The van der Waals surface area contributed by atoms with Gasteiger partial charge in [0.05, 0.1) is 35.9 Å². The maximum atomic E-state index is 14.6. The van der Waals surface area contributed by atoms with Crippen molar-refractivity contribution in [1.82, 2.24) is 14.9 Å². The van der Waals surface area contributed by atoms with Gasteiger partial charge in [0.15, 0.2) is 0 Å². The van der Waals surface area contributed by atoms with Gasteiger partial charge in [0.2, 0.25) is 0 Å². The second-order valence-electron chi connectivity index (χ2n) is 5.61. The van der Waals surface area contributed by atoms with Crippen molar-refractivity contribution in [3.8, 4) is 0 Å². The van der Waals surface area contributed by atoms with Gasteiger partial charge in [-0.3, -0.25) is 4.90 Å². The highest BCUT2D eigenvalue weighted by Crippen LogP contribution is 2.37. The van der Waals surface area contributed by atoms with Crippen LogP contribution in [-0.4, -0.2) is 21.4 Å². The topological polar surface area (TPSA) is 45.1 Å². The van der Waals surface area contributed by atoms with Crippen molar-refractivity contribution >= 4 is 11.6 Å². The monoisotopic (exact) mass is 331 g/mol. The summed E-state index contributed by atoms with van der Waals surface area (Å²) in [6.45, 7) is 1.38. The van der Waals surface area contributed by atoms with E-state index in [1.54, 1.807) is 30.8 Å². The van der Waals surface area contributed by atoms with E-state index in [-0.39, 0.29) is 16.9 Å². The van der Waals surface area contributed by atoms with E-state index >= 15 is 0 Å². The molecule has 0 spiro atoms. The number of fused-ring (bicyclic) bond motifs is 1. The van der Waals surface area contributed by atoms with Crippen LogP contribution in [0, 0.1) is 5.82 Å². The molecule has 1 N–H and O–H groups in total. The van der Waals surface area contributed by atoms with Crippen molar-refractivity contribution in [2.75, 3.05) is 6.54 Å². The summed E-state index contributed by atoms with van der Waals surface area (Å²) in [7, 11) is 0. The molecule has 1 aromatic carbocycles. The minimum absolute atomic E-state index is 0.128. The van der Waals surface area contributed by atoms with E-state index in [1.807, 2.05) is 12.1 Å². The van der Waals surface area contributed by atoms with E-state index in [2.05, 4.69) is 14.9 Å². The molecule has 6 heteroatoms. The molecule has 4 nitrogen and oxygen atoms in total. The third-order valence-electron chi connectivity index (χ3n) is 4.24. The molecule has 1 atom stereocenters. The lowest BCUT2D eigenvalue weighted by molar-refractivity contribution is 0.182. The third kappa shape index (κ3) is 2.56. The van der Waals surface area contributed by atoms with Gasteiger partial charge < -0.3 is 9.40 Å². The summed E-state index contributed by atoms with van der Waals surface area (Å²) in [6, 6.07) is 8.59. The van der Waals surface area contributed by atoms with Gasteiger partial charge >= 0.3 is 0 Å². The number of nitrogens with one attached hydrogen (secondary N) is 1. The Balaban J connectivity index is 1.79. The molecule has 0 saturated carbocycles. The van der Waals surface area contributed by atoms with Gasteiger partial charge in [0.25, 0.3) is 0 Å². The SMILES string of the molecule is Fc1c(Cl)cccc1C1c2nc[nH]c2CCN1Cc1ccco1. The number of rotatable bonds is 3. The molecule has 1 unspecified atom stereocenters. The van der Waals surface area contributed by atoms with Crippen LogP contribution in [0.15, 0.2) is 47.3 Å². The van der Waals surface area contributed by atoms with Gasteiger partial charge in [-0.15, -0.1) is 0 Å². The van der Waals surface area contributed by atoms with Gasteiger partial charge in [-0.25, -0.2) is 9.37 Å². The fraction of sp³-hybridized carbons (Fsp3) is 0.235. The smallest absolute Gasteiger partial charge is 0.146 e. The van der Waals surface area contributed by atoms with Gasteiger partial charge in [-0.05, 0) is 18.2 Å². The van der Waals surface area contributed by atoms with Crippen LogP contribution in [0.5, 0.6) is 0 Å². The Morgan fingerprint density at radius 1 is 1.35 bits per heavy atom. The molecule has 3 heterocycles. The zero-order valence-electron chi connectivity index (χ0n) is 12.3. The molecule has 1 aliphatic heterocycles. The van der Waals surface area contributed by atoms with E-state index in [4.69, 9.17) is 16.0 Å². The number of benzene rings is 1. The van der Waals surface area contributed by atoms with Crippen molar-refractivity contribution in [3.05, 3.63) is 76.5 Å². The second-order valence-corrected chi connectivity index (χ2v) is 6.02. The average molecular weight is 332 g/mol. The first kappa shape index (κ1) is 14.5. The average Bonchev–Trinajstić information content (AvgIpc) is 3.21. The normalized spacial score (nSPS) is 18.1. The zero-order chi connectivity index (χ0) is 15.8. The van der Waals surface area contributed by atoms with E-state index < -0.39 is 0 Å². The Morgan fingerprint density at radius 3 is 3.09 bits per heavy atom. The lowest BCUT2D eigenvalue weighted by Gasteiger charge is -2.34. The molecular weight excluding hydrogens is 317 g/mol. The van der Waals surface area contributed by atoms with Crippen LogP contribution in [0.4, 0.5) is 4.39 Å². The van der Waals surface area contributed by atoms with Crippen molar-refractivity contribution in [2.24, 2.45) is 0 Å². The Morgan fingerprint density at radius 2 is 2.26 bits per heavy atom.